The van der Waals surface area contributed by atoms with Gasteiger partial charge in [-0.15, -0.1) is 0 Å². The Morgan fingerprint density at radius 2 is 1.52 bits per heavy atom. The summed E-state index contributed by atoms with van der Waals surface area (Å²) in [7, 11) is -3.60. The van der Waals surface area contributed by atoms with Crippen molar-refractivity contribution in [3.63, 3.8) is 0 Å². The molecule has 0 unspecified atom stereocenters. The van der Waals surface area contributed by atoms with E-state index in [2.05, 4.69) is 4.90 Å². The average molecular weight is 439 g/mol. The number of carbonyl (C=O) groups excluding carboxylic acids is 1. The number of benzene rings is 3. The Morgan fingerprint density at radius 3 is 2.13 bits per heavy atom. The highest BCUT2D eigenvalue weighted by Crippen LogP contribution is 2.30. The van der Waals surface area contributed by atoms with E-state index in [1.54, 1.807) is 28.6 Å². The first-order valence-electron chi connectivity index (χ1n) is 10.3. The lowest BCUT2D eigenvalue weighted by Gasteiger charge is -2.45. The fraction of sp³-hybridized carbons (Fsp3) is 0.292. The Kier molecular flexibility index (Phi) is 5.73. The molecule has 0 radical (unpaired) electrons. The van der Waals surface area contributed by atoms with Crippen LogP contribution < -0.4 is 9.64 Å². The summed E-state index contributed by atoms with van der Waals surface area (Å²) < 4.78 is 33.4. The van der Waals surface area contributed by atoms with Gasteiger partial charge in [-0.05, 0) is 61.0 Å². The summed E-state index contributed by atoms with van der Waals surface area (Å²) in [5, 5.41) is 1.93. The van der Waals surface area contributed by atoms with Gasteiger partial charge in [0.15, 0.2) is 0 Å². The molecule has 6 nitrogen and oxygen atoms in total. The molecule has 1 heterocycles. The third kappa shape index (κ3) is 4.29. The minimum atomic E-state index is -3.60. The summed E-state index contributed by atoms with van der Waals surface area (Å²) in [6, 6.07) is 20.3. The van der Waals surface area contributed by atoms with Gasteiger partial charge in [0.05, 0.1) is 4.90 Å². The zero-order valence-electron chi connectivity index (χ0n) is 17.9. The highest BCUT2D eigenvalue weighted by Gasteiger charge is 2.36. The number of carbonyl (C=O) groups is 1. The number of esters is 1. The normalized spacial score (nSPS) is 20.0. The number of sulfonamides is 1. The molecule has 1 aliphatic heterocycles. The smallest absolute Gasteiger partial charge is 0.308 e. The molecule has 1 fully saturated rings. The van der Waals surface area contributed by atoms with Gasteiger partial charge in [0.2, 0.25) is 10.0 Å². The third-order valence-electron chi connectivity index (χ3n) is 5.64. The highest BCUT2D eigenvalue weighted by molar-refractivity contribution is 7.89. The van der Waals surface area contributed by atoms with E-state index in [0.717, 1.165) is 16.5 Å². The Hall–Kier alpha value is -2.90. The molecular formula is C24H26N2O4S. The van der Waals surface area contributed by atoms with Crippen molar-refractivity contribution in [1.29, 1.82) is 0 Å². The van der Waals surface area contributed by atoms with Crippen LogP contribution in [0.5, 0.6) is 5.75 Å². The maximum atomic E-state index is 13.4. The lowest BCUT2D eigenvalue weighted by molar-refractivity contribution is -0.131. The van der Waals surface area contributed by atoms with Gasteiger partial charge in [-0.2, -0.15) is 4.31 Å². The molecule has 0 amide bonds. The van der Waals surface area contributed by atoms with Gasteiger partial charge in [-0.1, -0.05) is 30.3 Å². The van der Waals surface area contributed by atoms with E-state index >= 15 is 0 Å². The number of hydrogen-bond donors (Lipinski definition) is 0. The zero-order valence-corrected chi connectivity index (χ0v) is 18.7. The Balaban J connectivity index is 1.55. The van der Waals surface area contributed by atoms with Crippen LogP contribution in [-0.2, 0) is 14.8 Å². The second-order valence-electron chi connectivity index (χ2n) is 8.02. The topological polar surface area (TPSA) is 66.9 Å². The van der Waals surface area contributed by atoms with E-state index in [0.29, 0.717) is 23.7 Å². The molecular weight excluding hydrogens is 412 g/mol. The summed E-state index contributed by atoms with van der Waals surface area (Å²) in [5.41, 5.74) is 0.971. The van der Waals surface area contributed by atoms with E-state index in [4.69, 9.17) is 4.74 Å². The maximum absolute atomic E-state index is 13.4. The minimum Gasteiger partial charge on any atom is -0.427 e. The van der Waals surface area contributed by atoms with Gasteiger partial charge in [0.25, 0.3) is 0 Å². The molecule has 0 aliphatic carbocycles. The summed E-state index contributed by atoms with van der Waals surface area (Å²) in [6.07, 6.45) is 0. The molecule has 2 atom stereocenters. The standard InChI is InChI=1S/C24H26N2O4S/c1-17-15-25(31(28,29)24-13-8-20-6-4-5-7-21(20)14-24)16-18(2)26(17)22-9-11-23(12-10-22)30-19(3)27/h4-14,17-18H,15-16H2,1-3H3/t17-,18+. The van der Waals surface area contributed by atoms with Crippen LogP contribution in [0.25, 0.3) is 10.8 Å². The lowest BCUT2D eigenvalue weighted by atomic mass is 10.1. The Morgan fingerprint density at radius 1 is 0.903 bits per heavy atom. The summed E-state index contributed by atoms with van der Waals surface area (Å²) in [5.74, 6) is 0.135. The minimum absolute atomic E-state index is 0.0152. The quantitative estimate of drug-likeness (QED) is 0.454. The number of nitrogens with zero attached hydrogens (tertiary/aromatic N) is 2. The predicted octanol–water partition coefficient (Wildman–Crippen LogP) is 4.05. The Bertz CT molecular complexity index is 1200. The van der Waals surface area contributed by atoms with Crippen LogP contribution >= 0.6 is 0 Å². The number of anilines is 1. The molecule has 4 rings (SSSR count). The van der Waals surface area contributed by atoms with E-state index in [-0.39, 0.29) is 18.1 Å². The molecule has 31 heavy (non-hydrogen) atoms. The maximum Gasteiger partial charge on any atom is 0.308 e. The predicted molar refractivity (Wildman–Crippen MR) is 122 cm³/mol. The van der Waals surface area contributed by atoms with Crippen molar-refractivity contribution >= 4 is 32.5 Å². The molecule has 0 spiro atoms. The van der Waals surface area contributed by atoms with Crippen molar-refractivity contribution in [3.8, 4) is 5.75 Å². The number of fused-ring (bicyclic) bond motifs is 1. The van der Waals surface area contributed by atoms with E-state index in [1.807, 2.05) is 56.3 Å². The molecule has 3 aromatic rings. The van der Waals surface area contributed by atoms with Gasteiger partial charge in [0.1, 0.15) is 5.75 Å². The first kappa shape index (κ1) is 21.3. The summed E-state index contributed by atoms with van der Waals surface area (Å²) in [6.45, 7) is 6.21. The second-order valence-corrected chi connectivity index (χ2v) is 9.96. The first-order chi connectivity index (χ1) is 14.8. The lowest BCUT2D eigenvalue weighted by Crippen LogP contribution is -2.58. The number of ether oxygens (including phenoxy) is 1. The molecule has 0 N–H and O–H groups in total. The number of piperazine rings is 1. The van der Waals surface area contributed by atoms with Crippen molar-refractivity contribution in [3.05, 3.63) is 66.7 Å². The van der Waals surface area contributed by atoms with Crippen LogP contribution in [0, 0.1) is 0 Å². The molecule has 7 heteroatoms. The number of hydrogen-bond acceptors (Lipinski definition) is 5. The average Bonchev–Trinajstić information content (AvgIpc) is 2.73. The molecule has 0 aromatic heterocycles. The van der Waals surface area contributed by atoms with Crippen LogP contribution in [0.2, 0.25) is 0 Å². The van der Waals surface area contributed by atoms with E-state index in [9.17, 15) is 13.2 Å². The van der Waals surface area contributed by atoms with Gasteiger partial charge >= 0.3 is 5.97 Å². The largest absolute Gasteiger partial charge is 0.427 e. The SMILES string of the molecule is CC(=O)Oc1ccc(N2[C@H](C)CN(S(=O)(=O)c3ccc4ccccc4c3)C[C@@H]2C)cc1. The van der Waals surface area contributed by atoms with Crippen molar-refractivity contribution in [1.82, 2.24) is 4.31 Å². The van der Waals surface area contributed by atoms with Crippen molar-refractivity contribution in [2.75, 3.05) is 18.0 Å². The van der Waals surface area contributed by atoms with Crippen LogP contribution in [0.3, 0.4) is 0 Å². The second kappa shape index (κ2) is 8.32. The van der Waals surface area contributed by atoms with Crippen LogP contribution in [-0.4, -0.2) is 43.9 Å². The molecule has 0 saturated carbocycles. The van der Waals surface area contributed by atoms with Crippen molar-refractivity contribution < 1.29 is 17.9 Å². The number of rotatable bonds is 4. The van der Waals surface area contributed by atoms with E-state index < -0.39 is 10.0 Å². The monoisotopic (exact) mass is 438 g/mol. The van der Waals surface area contributed by atoms with Gasteiger partial charge < -0.3 is 9.64 Å². The summed E-state index contributed by atoms with van der Waals surface area (Å²) >= 11 is 0. The third-order valence-corrected chi connectivity index (χ3v) is 7.47. The van der Waals surface area contributed by atoms with Crippen molar-refractivity contribution in [2.45, 2.75) is 37.8 Å². The fourth-order valence-electron chi connectivity index (χ4n) is 4.31. The van der Waals surface area contributed by atoms with Gasteiger partial charge in [-0.3, -0.25) is 4.79 Å². The highest BCUT2D eigenvalue weighted by atomic mass is 32.2. The van der Waals surface area contributed by atoms with Crippen molar-refractivity contribution in [2.24, 2.45) is 0 Å². The van der Waals surface area contributed by atoms with Gasteiger partial charge in [-0.25, -0.2) is 8.42 Å². The fourth-order valence-corrected chi connectivity index (χ4v) is 5.95. The van der Waals surface area contributed by atoms with Gasteiger partial charge in [0, 0.05) is 37.8 Å². The zero-order chi connectivity index (χ0) is 22.2. The van der Waals surface area contributed by atoms with Crippen LogP contribution in [0.15, 0.2) is 71.6 Å². The first-order valence-corrected chi connectivity index (χ1v) is 11.8. The van der Waals surface area contributed by atoms with Crippen LogP contribution in [0.4, 0.5) is 5.69 Å². The van der Waals surface area contributed by atoms with E-state index in [1.165, 1.54) is 6.92 Å². The van der Waals surface area contributed by atoms with Crippen LogP contribution in [0.1, 0.15) is 20.8 Å². The Labute approximate surface area is 183 Å². The molecule has 162 valence electrons. The molecule has 3 aromatic carbocycles. The molecule has 1 saturated heterocycles. The molecule has 0 bridgehead atoms. The summed E-state index contributed by atoms with van der Waals surface area (Å²) in [4.78, 5) is 13.7. The molecule has 1 aliphatic rings.